The molecule has 0 aliphatic heterocycles. The van der Waals surface area contributed by atoms with Crippen LogP contribution in [0.4, 0.5) is 0 Å². The van der Waals surface area contributed by atoms with Gasteiger partial charge in [0.15, 0.2) is 0 Å². The highest BCUT2D eigenvalue weighted by molar-refractivity contribution is 7.99. The van der Waals surface area contributed by atoms with Crippen LogP contribution in [0.15, 0.2) is 0 Å². The number of hydrogen-bond donors (Lipinski definition) is 2. The van der Waals surface area contributed by atoms with E-state index < -0.39 is 0 Å². The second-order valence-electron chi connectivity index (χ2n) is 3.69. The first-order chi connectivity index (χ1) is 6.66. The van der Waals surface area contributed by atoms with Crippen LogP contribution in [0.25, 0.3) is 0 Å². The summed E-state index contributed by atoms with van der Waals surface area (Å²) in [4.78, 5) is 11.2. The van der Waals surface area contributed by atoms with Crippen LogP contribution in [0, 0.1) is 5.92 Å². The largest absolute Gasteiger partial charge is 0.354 e. The van der Waals surface area contributed by atoms with Gasteiger partial charge in [-0.3, -0.25) is 4.79 Å². The first-order valence-corrected chi connectivity index (χ1v) is 6.31. The molecule has 0 saturated heterocycles. The molecule has 0 heterocycles. The predicted octanol–water partition coefficient (Wildman–Crippen LogP) is 1.52. The molecule has 0 fully saturated rings. The van der Waals surface area contributed by atoms with Gasteiger partial charge in [-0.15, -0.1) is 12.4 Å². The molecule has 0 bridgehead atoms. The highest BCUT2D eigenvalue weighted by Gasteiger charge is 2.00. The lowest BCUT2D eigenvalue weighted by molar-refractivity contribution is -0.118. The highest BCUT2D eigenvalue weighted by Crippen LogP contribution is 2.07. The molecule has 0 radical (unpaired) electrons. The van der Waals surface area contributed by atoms with E-state index in [0.29, 0.717) is 5.75 Å². The third-order valence-corrected chi connectivity index (χ3v) is 2.76. The van der Waals surface area contributed by atoms with Gasteiger partial charge in [0.25, 0.3) is 0 Å². The van der Waals surface area contributed by atoms with Gasteiger partial charge in [-0.2, -0.15) is 11.8 Å². The predicted molar refractivity (Wildman–Crippen MR) is 71.0 cm³/mol. The quantitative estimate of drug-likeness (QED) is 0.646. The van der Waals surface area contributed by atoms with Gasteiger partial charge in [-0.25, -0.2) is 0 Å². The van der Waals surface area contributed by atoms with Crippen LogP contribution in [0.1, 0.15) is 20.3 Å². The molecule has 0 aliphatic carbocycles. The van der Waals surface area contributed by atoms with Crippen molar-refractivity contribution in [3.8, 4) is 0 Å². The Bertz CT molecular complexity index is 156. The number of thioether (sulfide) groups is 1. The maximum absolute atomic E-state index is 11.2. The van der Waals surface area contributed by atoms with E-state index in [-0.39, 0.29) is 18.3 Å². The van der Waals surface area contributed by atoms with Gasteiger partial charge >= 0.3 is 0 Å². The summed E-state index contributed by atoms with van der Waals surface area (Å²) in [6, 6.07) is 0. The van der Waals surface area contributed by atoms with Crippen LogP contribution < -0.4 is 10.6 Å². The smallest absolute Gasteiger partial charge is 0.230 e. The molecule has 0 aliphatic rings. The number of amides is 1. The summed E-state index contributed by atoms with van der Waals surface area (Å²) in [6.45, 7) is 5.96. The molecule has 92 valence electrons. The lowest BCUT2D eigenvalue weighted by Gasteiger charge is -2.05. The lowest BCUT2D eigenvalue weighted by Crippen LogP contribution is -2.31. The summed E-state index contributed by atoms with van der Waals surface area (Å²) in [6.07, 6.45) is 1.19. The number of halogens is 1. The molecule has 15 heavy (non-hydrogen) atoms. The summed E-state index contributed by atoms with van der Waals surface area (Å²) in [5, 5.41) is 5.83. The molecule has 3 nitrogen and oxygen atoms in total. The Morgan fingerprint density at radius 2 is 2.00 bits per heavy atom. The fourth-order valence-corrected chi connectivity index (χ4v) is 1.93. The van der Waals surface area contributed by atoms with Crippen LogP contribution in [-0.2, 0) is 4.79 Å². The summed E-state index contributed by atoms with van der Waals surface area (Å²) in [5.74, 6) is 2.55. The van der Waals surface area contributed by atoms with Crippen molar-refractivity contribution in [3.05, 3.63) is 0 Å². The first-order valence-electron chi connectivity index (χ1n) is 5.16. The van der Waals surface area contributed by atoms with Crippen molar-refractivity contribution in [2.24, 2.45) is 5.92 Å². The normalized spacial score (nSPS) is 9.87. The molecular weight excluding hydrogens is 232 g/mol. The fourth-order valence-electron chi connectivity index (χ4n) is 0.862. The van der Waals surface area contributed by atoms with E-state index in [2.05, 4.69) is 24.5 Å². The van der Waals surface area contributed by atoms with E-state index in [0.717, 1.165) is 24.8 Å². The Labute approximate surface area is 104 Å². The molecule has 0 aromatic rings. The van der Waals surface area contributed by atoms with Crippen molar-refractivity contribution >= 4 is 30.1 Å². The van der Waals surface area contributed by atoms with E-state index in [9.17, 15) is 4.79 Å². The molecule has 0 aromatic heterocycles. The molecule has 1 amide bonds. The number of rotatable bonds is 8. The topological polar surface area (TPSA) is 41.1 Å². The Hall–Kier alpha value is 0.0700. The zero-order chi connectivity index (χ0) is 10.8. The standard InChI is InChI=1S/C10H22N2OS.ClH/c1-9(2)4-7-14-8-10(13)12-6-5-11-3;/h9,11H,4-8H2,1-3H3,(H,12,13);1H. The maximum Gasteiger partial charge on any atom is 0.230 e. The Kier molecular flexibility index (Phi) is 14.1. The maximum atomic E-state index is 11.2. The minimum Gasteiger partial charge on any atom is -0.354 e. The summed E-state index contributed by atoms with van der Waals surface area (Å²) >= 11 is 1.72. The third-order valence-electron chi connectivity index (χ3n) is 1.77. The van der Waals surface area contributed by atoms with Crippen molar-refractivity contribution in [2.75, 3.05) is 31.6 Å². The van der Waals surface area contributed by atoms with Gasteiger partial charge in [0.05, 0.1) is 5.75 Å². The van der Waals surface area contributed by atoms with Crippen LogP contribution in [-0.4, -0.2) is 37.6 Å². The lowest BCUT2D eigenvalue weighted by atomic mass is 10.2. The minimum absolute atomic E-state index is 0. The van der Waals surface area contributed by atoms with Gasteiger partial charge in [0.2, 0.25) is 5.91 Å². The molecule has 0 spiro atoms. The average molecular weight is 255 g/mol. The van der Waals surface area contributed by atoms with E-state index in [4.69, 9.17) is 0 Å². The van der Waals surface area contributed by atoms with Crippen LogP contribution in [0.3, 0.4) is 0 Å². The average Bonchev–Trinajstić information content (AvgIpc) is 2.13. The van der Waals surface area contributed by atoms with Crippen molar-refractivity contribution in [3.63, 3.8) is 0 Å². The zero-order valence-electron chi connectivity index (χ0n) is 9.84. The molecule has 0 aromatic carbocycles. The van der Waals surface area contributed by atoms with Crippen molar-refractivity contribution in [2.45, 2.75) is 20.3 Å². The van der Waals surface area contributed by atoms with Gasteiger partial charge < -0.3 is 10.6 Å². The van der Waals surface area contributed by atoms with Gasteiger partial charge in [0, 0.05) is 13.1 Å². The zero-order valence-corrected chi connectivity index (χ0v) is 11.5. The molecule has 2 N–H and O–H groups in total. The summed E-state index contributed by atoms with van der Waals surface area (Å²) < 4.78 is 0. The Morgan fingerprint density at radius 3 is 2.53 bits per heavy atom. The Morgan fingerprint density at radius 1 is 1.33 bits per heavy atom. The third kappa shape index (κ3) is 14.1. The van der Waals surface area contributed by atoms with E-state index in [1.165, 1.54) is 6.42 Å². The molecular formula is C10H23ClN2OS. The Balaban J connectivity index is 0. The fraction of sp³-hybridized carbons (Fsp3) is 0.900. The van der Waals surface area contributed by atoms with Crippen LogP contribution in [0.5, 0.6) is 0 Å². The highest BCUT2D eigenvalue weighted by atomic mass is 35.5. The molecule has 0 atom stereocenters. The van der Waals surface area contributed by atoms with Gasteiger partial charge in [-0.1, -0.05) is 13.8 Å². The van der Waals surface area contributed by atoms with Crippen molar-refractivity contribution in [1.82, 2.24) is 10.6 Å². The second kappa shape index (κ2) is 12.1. The summed E-state index contributed by atoms with van der Waals surface area (Å²) in [7, 11) is 1.88. The number of carbonyl (C=O) groups excluding carboxylic acids is 1. The molecule has 0 saturated carbocycles. The van der Waals surface area contributed by atoms with Crippen molar-refractivity contribution < 1.29 is 4.79 Å². The second-order valence-corrected chi connectivity index (χ2v) is 4.79. The van der Waals surface area contributed by atoms with E-state index in [1.807, 2.05) is 7.05 Å². The first kappa shape index (κ1) is 17.5. The summed E-state index contributed by atoms with van der Waals surface area (Å²) in [5.41, 5.74) is 0. The van der Waals surface area contributed by atoms with Gasteiger partial charge in [-0.05, 0) is 25.1 Å². The molecule has 5 heteroatoms. The SMILES string of the molecule is CNCCNC(=O)CSCCC(C)C.Cl. The number of nitrogens with one attached hydrogen (secondary N) is 2. The molecule has 0 rings (SSSR count). The van der Waals surface area contributed by atoms with Crippen LogP contribution in [0.2, 0.25) is 0 Å². The van der Waals surface area contributed by atoms with E-state index >= 15 is 0 Å². The molecule has 0 unspecified atom stereocenters. The van der Waals surface area contributed by atoms with Crippen LogP contribution >= 0.6 is 24.2 Å². The minimum atomic E-state index is 0. The van der Waals surface area contributed by atoms with Gasteiger partial charge in [0.1, 0.15) is 0 Å². The number of likely N-dealkylation sites (N-methyl/N-ethyl adjacent to an activating group) is 1. The number of carbonyl (C=O) groups is 1. The van der Waals surface area contributed by atoms with Crippen molar-refractivity contribution in [1.29, 1.82) is 0 Å². The van der Waals surface area contributed by atoms with E-state index in [1.54, 1.807) is 11.8 Å². The number of hydrogen-bond acceptors (Lipinski definition) is 3. The monoisotopic (exact) mass is 254 g/mol.